The molecule has 0 saturated heterocycles. The average molecular weight is 256 g/mol. The Balaban J connectivity index is 2.63. The van der Waals surface area contributed by atoms with Crippen molar-refractivity contribution in [3.8, 4) is 16.9 Å². The van der Waals surface area contributed by atoms with Crippen molar-refractivity contribution in [2.24, 2.45) is 0 Å². The molecule has 0 unspecified atom stereocenters. The van der Waals surface area contributed by atoms with Crippen molar-refractivity contribution in [3.63, 3.8) is 0 Å². The van der Waals surface area contributed by atoms with Gasteiger partial charge in [0.1, 0.15) is 5.75 Å². The van der Waals surface area contributed by atoms with Crippen LogP contribution in [-0.2, 0) is 0 Å². The van der Waals surface area contributed by atoms with E-state index in [2.05, 4.69) is 0 Å². The molecule has 3 nitrogen and oxygen atoms in total. The van der Waals surface area contributed by atoms with Crippen LogP contribution in [-0.4, -0.2) is 16.2 Å². The summed E-state index contributed by atoms with van der Waals surface area (Å²) in [7, 11) is 0. The summed E-state index contributed by atoms with van der Waals surface area (Å²) in [5.41, 5.74) is 5.01. The summed E-state index contributed by atoms with van der Waals surface area (Å²) in [6, 6.07) is 8.55. The number of carboxylic acid groups (broad SMARTS) is 1. The summed E-state index contributed by atoms with van der Waals surface area (Å²) in [6.45, 7) is 6.00. The van der Waals surface area contributed by atoms with Gasteiger partial charge in [-0.1, -0.05) is 17.7 Å². The first-order chi connectivity index (χ1) is 8.90. The molecule has 0 atom stereocenters. The molecule has 2 aromatic carbocycles. The number of phenolic OH excluding ortho intramolecular Hbond substituents is 1. The second-order valence-corrected chi connectivity index (χ2v) is 4.81. The first-order valence-corrected chi connectivity index (χ1v) is 6.04. The minimum absolute atomic E-state index is 0.00467. The Morgan fingerprint density at radius 1 is 1.00 bits per heavy atom. The first kappa shape index (κ1) is 13.1. The highest BCUT2D eigenvalue weighted by Gasteiger charge is 2.13. The van der Waals surface area contributed by atoms with Gasteiger partial charge in [-0.3, -0.25) is 0 Å². The molecule has 2 aromatic rings. The van der Waals surface area contributed by atoms with Crippen molar-refractivity contribution < 1.29 is 15.0 Å². The topological polar surface area (TPSA) is 57.5 Å². The lowest BCUT2D eigenvalue weighted by atomic mass is 9.92. The maximum atomic E-state index is 10.9. The SMILES string of the molecule is Cc1cc(C)c(-c2ccc(C(=O)O)cc2O)c(C)c1. The summed E-state index contributed by atoms with van der Waals surface area (Å²) in [5, 5.41) is 19.0. The highest BCUT2D eigenvalue weighted by atomic mass is 16.4. The predicted molar refractivity (Wildman–Crippen MR) is 74.7 cm³/mol. The molecule has 3 heteroatoms. The van der Waals surface area contributed by atoms with Gasteiger partial charge in [0.25, 0.3) is 0 Å². The van der Waals surface area contributed by atoms with Crippen LogP contribution in [0.2, 0.25) is 0 Å². The monoisotopic (exact) mass is 256 g/mol. The van der Waals surface area contributed by atoms with Gasteiger partial charge in [-0.2, -0.15) is 0 Å². The highest BCUT2D eigenvalue weighted by Crippen LogP contribution is 2.35. The molecular formula is C16H16O3. The van der Waals surface area contributed by atoms with Crippen LogP contribution in [0.3, 0.4) is 0 Å². The number of carboxylic acids is 1. The van der Waals surface area contributed by atoms with Gasteiger partial charge in [-0.25, -0.2) is 4.79 Å². The summed E-state index contributed by atoms with van der Waals surface area (Å²) >= 11 is 0. The Labute approximate surface area is 112 Å². The molecule has 2 N–H and O–H groups in total. The van der Waals surface area contributed by atoms with Gasteiger partial charge in [0.05, 0.1) is 5.56 Å². The third-order valence-electron chi connectivity index (χ3n) is 3.19. The molecule has 0 fully saturated rings. The molecule has 0 aliphatic rings. The van der Waals surface area contributed by atoms with E-state index in [1.165, 1.54) is 17.7 Å². The smallest absolute Gasteiger partial charge is 0.335 e. The third kappa shape index (κ3) is 2.45. The van der Waals surface area contributed by atoms with Gasteiger partial charge in [-0.05, 0) is 55.7 Å². The van der Waals surface area contributed by atoms with Crippen LogP contribution in [0.4, 0.5) is 0 Å². The van der Waals surface area contributed by atoms with E-state index in [0.29, 0.717) is 5.56 Å². The number of hydrogen-bond donors (Lipinski definition) is 2. The zero-order chi connectivity index (χ0) is 14.2. The van der Waals surface area contributed by atoms with E-state index >= 15 is 0 Å². The van der Waals surface area contributed by atoms with Crippen LogP contribution in [0.5, 0.6) is 5.75 Å². The number of aryl methyl sites for hydroxylation is 3. The second kappa shape index (κ2) is 4.76. The van der Waals surface area contributed by atoms with Crippen molar-refractivity contribution in [3.05, 3.63) is 52.6 Å². The molecule has 0 radical (unpaired) electrons. The van der Waals surface area contributed by atoms with Gasteiger partial charge < -0.3 is 10.2 Å². The summed E-state index contributed by atoms with van der Waals surface area (Å²) in [6.07, 6.45) is 0. The van der Waals surface area contributed by atoms with Gasteiger partial charge in [0, 0.05) is 5.56 Å². The Kier molecular flexibility index (Phi) is 3.30. The zero-order valence-electron chi connectivity index (χ0n) is 11.2. The Morgan fingerprint density at radius 2 is 1.58 bits per heavy atom. The molecule has 0 aromatic heterocycles. The number of phenols is 1. The standard InChI is InChI=1S/C16H16O3/c1-9-6-10(2)15(11(3)7-9)13-5-4-12(16(18)19)8-14(13)17/h4-8,17H,1-3H3,(H,18,19). The van der Waals surface area contributed by atoms with Crippen molar-refractivity contribution in [1.82, 2.24) is 0 Å². The number of rotatable bonds is 2. The van der Waals surface area contributed by atoms with Crippen molar-refractivity contribution in [2.75, 3.05) is 0 Å². The highest BCUT2D eigenvalue weighted by molar-refractivity contribution is 5.90. The number of carbonyl (C=O) groups is 1. The van der Waals surface area contributed by atoms with Gasteiger partial charge in [-0.15, -0.1) is 0 Å². The Hall–Kier alpha value is -2.29. The largest absolute Gasteiger partial charge is 0.507 e. The lowest BCUT2D eigenvalue weighted by Gasteiger charge is -2.13. The third-order valence-corrected chi connectivity index (χ3v) is 3.19. The molecule has 98 valence electrons. The Bertz CT molecular complexity index is 634. The Morgan fingerprint density at radius 3 is 2.05 bits per heavy atom. The molecule has 2 rings (SSSR count). The van der Waals surface area contributed by atoms with Crippen LogP contribution >= 0.6 is 0 Å². The minimum atomic E-state index is -1.04. The first-order valence-electron chi connectivity index (χ1n) is 6.04. The lowest BCUT2D eigenvalue weighted by Crippen LogP contribution is -1.97. The van der Waals surface area contributed by atoms with Crippen molar-refractivity contribution in [2.45, 2.75) is 20.8 Å². The predicted octanol–water partition coefficient (Wildman–Crippen LogP) is 3.68. The summed E-state index contributed by atoms with van der Waals surface area (Å²) < 4.78 is 0. The van der Waals surface area contributed by atoms with Crippen LogP contribution < -0.4 is 0 Å². The van der Waals surface area contributed by atoms with Crippen LogP contribution in [0.25, 0.3) is 11.1 Å². The fraction of sp³-hybridized carbons (Fsp3) is 0.188. The minimum Gasteiger partial charge on any atom is -0.507 e. The van der Waals surface area contributed by atoms with Crippen molar-refractivity contribution >= 4 is 5.97 Å². The molecular weight excluding hydrogens is 240 g/mol. The molecule has 0 aliphatic carbocycles. The normalized spacial score (nSPS) is 10.5. The van der Waals surface area contributed by atoms with E-state index in [9.17, 15) is 9.90 Å². The number of aromatic hydroxyl groups is 1. The van der Waals surface area contributed by atoms with Gasteiger partial charge >= 0.3 is 5.97 Å². The van der Waals surface area contributed by atoms with E-state index in [1.807, 2.05) is 32.9 Å². The van der Waals surface area contributed by atoms with E-state index in [0.717, 1.165) is 16.7 Å². The van der Waals surface area contributed by atoms with Crippen LogP contribution in [0.1, 0.15) is 27.0 Å². The number of hydrogen-bond acceptors (Lipinski definition) is 2. The number of aromatic carboxylic acids is 1. The van der Waals surface area contributed by atoms with E-state index < -0.39 is 5.97 Å². The quantitative estimate of drug-likeness (QED) is 0.861. The summed E-state index contributed by atoms with van der Waals surface area (Å²) in [5.74, 6) is -1.05. The fourth-order valence-electron chi connectivity index (χ4n) is 2.48. The zero-order valence-corrected chi connectivity index (χ0v) is 11.2. The molecule has 0 saturated carbocycles. The molecule has 0 heterocycles. The maximum Gasteiger partial charge on any atom is 0.335 e. The molecule has 0 spiro atoms. The van der Waals surface area contributed by atoms with Gasteiger partial charge in [0.15, 0.2) is 0 Å². The fourth-order valence-corrected chi connectivity index (χ4v) is 2.48. The molecule has 0 aliphatic heterocycles. The maximum absolute atomic E-state index is 10.9. The average Bonchev–Trinajstić information content (AvgIpc) is 2.29. The molecule has 19 heavy (non-hydrogen) atoms. The molecule has 0 bridgehead atoms. The van der Waals surface area contributed by atoms with Gasteiger partial charge in [0.2, 0.25) is 0 Å². The van der Waals surface area contributed by atoms with Crippen LogP contribution in [0.15, 0.2) is 30.3 Å². The van der Waals surface area contributed by atoms with E-state index in [4.69, 9.17) is 5.11 Å². The number of benzene rings is 2. The second-order valence-electron chi connectivity index (χ2n) is 4.81. The van der Waals surface area contributed by atoms with Crippen LogP contribution in [0, 0.1) is 20.8 Å². The molecule has 0 amide bonds. The lowest BCUT2D eigenvalue weighted by molar-refractivity contribution is 0.0696. The summed E-state index contributed by atoms with van der Waals surface area (Å²) in [4.78, 5) is 10.9. The van der Waals surface area contributed by atoms with E-state index in [1.54, 1.807) is 6.07 Å². The van der Waals surface area contributed by atoms with E-state index in [-0.39, 0.29) is 11.3 Å². The van der Waals surface area contributed by atoms with Crippen molar-refractivity contribution in [1.29, 1.82) is 0 Å².